The third-order valence-electron chi connectivity index (χ3n) is 4.27. The second kappa shape index (κ2) is 9.56. The van der Waals surface area contributed by atoms with E-state index in [0.717, 1.165) is 0 Å². The number of rotatable bonds is 7. The summed E-state index contributed by atoms with van der Waals surface area (Å²) in [5, 5.41) is 5.96. The topological polar surface area (TPSA) is 70.7 Å². The number of para-hydroxylation sites is 1. The smallest absolute Gasteiger partial charge is 0.259 e. The maximum atomic E-state index is 13.1. The summed E-state index contributed by atoms with van der Waals surface area (Å²) in [6, 6.07) is 19.7. The summed E-state index contributed by atoms with van der Waals surface area (Å²) in [4.78, 5) is 25.8. The van der Waals surface area contributed by atoms with Gasteiger partial charge in [0.05, 0.1) is 11.3 Å². The number of hydrogen-bond donors (Lipinski definition) is 2. The van der Waals surface area contributed by atoms with Gasteiger partial charge in [-0.2, -0.15) is 0 Å². The number of benzene rings is 3. The number of carbonyl (C=O) groups is 2. The first kappa shape index (κ1) is 20.9. The van der Waals surface area contributed by atoms with E-state index in [-0.39, 0.29) is 24.2 Å². The van der Waals surface area contributed by atoms with Gasteiger partial charge in [0.15, 0.2) is 6.61 Å². The van der Waals surface area contributed by atoms with Crippen molar-refractivity contribution >= 4 is 28.9 Å². The molecule has 0 aliphatic heterocycles. The van der Waals surface area contributed by atoms with Crippen LogP contribution in [0.25, 0.3) is 0 Å². The molecular formula is C23H22FN3O3. The van der Waals surface area contributed by atoms with Gasteiger partial charge < -0.3 is 20.3 Å². The Hall–Kier alpha value is -3.87. The van der Waals surface area contributed by atoms with Crippen molar-refractivity contribution in [2.24, 2.45) is 0 Å². The molecule has 0 atom stereocenters. The molecular weight excluding hydrogens is 385 g/mol. The Kier molecular flexibility index (Phi) is 6.64. The van der Waals surface area contributed by atoms with E-state index in [4.69, 9.17) is 4.74 Å². The molecule has 2 N–H and O–H groups in total. The van der Waals surface area contributed by atoms with Crippen LogP contribution in [0.5, 0.6) is 5.75 Å². The van der Waals surface area contributed by atoms with E-state index in [1.54, 1.807) is 68.7 Å². The van der Waals surface area contributed by atoms with Crippen LogP contribution in [0.4, 0.5) is 21.5 Å². The lowest BCUT2D eigenvalue weighted by Crippen LogP contribution is -2.27. The molecule has 0 spiro atoms. The van der Waals surface area contributed by atoms with Crippen LogP contribution in [0, 0.1) is 5.82 Å². The van der Waals surface area contributed by atoms with Crippen LogP contribution < -0.4 is 15.4 Å². The largest absolute Gasteiger partial charge is 0.484 e. The molecule has 0 aliphatic rings. The summed E-state index contributed by atoms with van der Waals surface area (Å²) >= 11 is 0. The predicted octanol–water partition coefficient (Wildman–Crippen LogP) is 4.29. The number of halogens is 1. The molecule has 0 saturated carbocycles. The minimum atomic E-state index is -0.329. The molecule has 3 aromatic carbocycles. The summed E-state index contributed by atoms with van der Waals surface area (Å²) in [5.41, 5.74) is 2.30. The maximum absolute atomic E-state index is 13.1. The van der Waals surface area contributed by atoms with Crippen LogP contribution in [0.1, 0.15) is 10.4 Å². The quantitative estimate of drug-likeness (QED) is 0.613. The fourth-order valence-corrected chi connectivity index (χ4v) is 2.59. The SMILES string of the molecule is CN(C)C(=O)COc1ccc(NC(=O)c2ccccc2Nc2ccc(F)cc2)cc1. The standard InChI is InChI=1S/C23H22FN3O3/c1-27(2)22(28)15-30-19-13-11-18(12-14-19)26-23(29)20-5-3-4-6-21(20)25-17-9-7-16(24)8-10-17/h3-14,25H,15H2,1-2H3,(H,26,29). The Morgan fingerprint density at radius 3 is 2.20 bits per heavy atom. The summed E-state index contributed by atoms with van der Waals surface area (Å²) in [5.74, 6) is -0.235. The van der Waals surface area contributed by atoms with Gasteiger partial charge in [0.1, 0.15) is 11.6 Å². The lowest BCUT2D eigenvalue weighted by molar-refractivity contribution is -0.130. The first-order chi connectivity index (χ1) is 14.4. The number of hydrogen-bond acceptors (Lipinski definition) is 4. The van der Waals surface area contributed by atoms with E-state index >= 15 is 0 Å². The van der Waals surface area contributed by atoms with Crippen LogP contribution in [0.15, 0.2) is 72.8 Å². The highest BCUT2D eigenvalue weighted by Gasteiger charge is 2.12. The van der Waals surface area contributed by atoms with Gasteiger partial charge in [0.2, 0.25) is 0 Å². The number of carbonyl (C=O) groups excluding carboxylic acids is 2. The number of ether oxygens (including phenoxy) is 1. The van der Waals surface area contributed by atoms with Crippen molar-refractivity contribution in [2.75, 3.05) is 31.3 Å². The third kappa shape index (κ3) is 5.57. The molecule has 0 aromatic heterocycles. The Morgan fingerprint density at radius 2 is 1.53 bits per heavy atom. The first-order valence-corrected chi connectivity index (χ1v) is 9.28. The summed E-state index contributed by atoms with van der Waals surface area (Å²) in [7, 11) is 3.32. The maximum Gasteiger partial charge on any atom is 0.259 e. The number of likely N-dealkylation sites (N-methyl/N-ethyl adjacent to an activating group) is 1. The van der Waals surface area contributed by atoms with Crippen LogP contribution in [-0.4, -0.2) is 37.4 Å². The molecule has 7 heteroatoms. The Balaban J connectivity index is 1.66. The minimum Gasteiger partial charge on any atom is -0.484 e. The van der Waals surface area contributed by atoms with E-state index in [2.05, 4.69) is 10.6 Å². The Bertz CT molecular complexity index is 1020. The lowest BCUT2D eigenvalue weighted by atomic mass is 10.1. The molecule has 0 radical (unpaired) electrons. The normalized spacial score (nSPS) is 10.2. The van der Waals surface area contributed by atoms with E-state index in [0.29, 0.717) is 28.4 Å². The summed E-state index contributed by atoms with van der Waals surface area (Å²) in [6.45, 7) is -0.0544. The van der Waals surface area contributed by atoms with Gasteiger partial charge in [0, 0.05) is 25.5 Å². The molecule has 3 rings (SSSR count). The fourth-order valence-electron chi connectivity index (χ4n) is 2.59. The molecule has 2 amide bonds. The highest BCUT2D eigenvalue weighted by molar-refractivity contribution is 6.08. The average molecular weight is 407 g/mol. The zero-order valence-corrected chi connectivity index (χ0v) is 16.7. The molecule has 0 bridgehead atoms. The fraction of sp³-hybridized carbons (Fsp3) is 0.130. The molecule has 0 heterocycles. The van der Waals surface area contributed by atoms with Crippen LogP contribution in [-0.2, 0) is 4.79 Å². The predicted molar refractivity (Wildman–Crippen MR) is 115 cm³/mol. The van der Waals surface area contributed by atoms with E-state index in [1.807, 2.05) is 6.07 Å². The zero-order chi connectivity index (χ0) is 21.5. The minimum absolute atomic E-state index is 0.0544. The van der Waals surface area contributed by atoms with Gasteiger partial charge in [0.25, 0.3) is 11.8 Å². The highest BCUT2D eigenvalue weighted by atomic mass is 19.1. The molecule has 6 nitrogen and oxygen atoms in total. The molecule has 154 valence electrons. The third-order valence-corrected chi connectivity index (χ3v) is 4.27. The summed E-state index contributed by atoms with van der Waals surface area (Å²) < 4.78 is 18.5. The molecule has 0 fully saturated rings. The van der Waals surface area contributed by atoms with Gasteiger partial charge in [-0.3, -0.25) is 9.59 Å². The number of nitrogens with one attached hydrogen (secondary N) is 2. The number of anilines is 3. The lowest BCUT2D eigenvalue weighted by Gasteiger charge is -2.13. The Labute approximate surface area is 174 Å². The monoisotopic (exact) mass is 407 g/mol. The van der Waals surface area contributed by atoms with Crippen molar-refractivity contribution in [2.45, 2.75) is 0 Å². The average Bonchev–Trinajstić information content (AvgIpc) is 2.75. The molecule has 30 heavy (non-hydrogen) atoms. The van der Waals surface area contributed by atoms with Crippen molar-refractivity contribution in [1.29, 1.82) is 0 Å². The van der Waals surface area contributed by atoms with Crippen molar-refractivity contribution in [3.05, 3.63) is 84.2 Å². The van der Waals surface area contributed by atoms with Gasteiger partial charge in [-0.05, 0) is 60.7 Å². The van der Waals surface area contributed by atoms with Crippen LogP contribution >= 0.6 is 0 Å². The first-order valence-electron chi connectivity index (χ1n) is 9.28. The zero-order valence-electron chi connectivity index (χ0n) is 16.7. The molecule has 0 aliphatic carbocycles. The van der Waals surface area contributed by atoms with Crippen LogP contribution in [0.2, 0.25) is 0 Å². The molecule has 3 aromatic rings. The van der Waals surface area contributed by atoms with Crippen molar-refractivity contribution < 1.29 is 18.7 Å². The van der Waals surface area contributed by atoms with Gasteiger partial charge in [-0.15, -0.1) is 0 Å². The van der Waals surface area contributed by atoms with E-state index in [9.17, 15) is 14.0 Å². The number of nitrogens with zero attached hydrogens (tertiary/aromatic N) is 1. The second-order valence-corrected chi connectivity index (χ2v) is 6.73. The van der Waals surface area contributed by atoms with Crippen molar-refractivity contribution in [1.82, 2.24) is 4.90 Å². The highest BCUT2D eigenvalue weighted by Crippen LogP contribution is 2.23. The number of amides is 2. The van der Waals surface area contributed by atoms with Gasteiger partial charge in [-0.1, -0.05) is 12.1 Å². The van der Waals surface area contributed by atoms with Crippen molar-refractivity contribution in [3.8, 4) is 5.75 Å². The molecule has 0 saturated heterocycles. The van der Waals surface area contributed by atoms with Crippen LogP contribution in [0.3, 0.4) is 0 Å². The molecule has 0 unspecified atom stereocenters. The Morgan fingerprint density at radius 1 is 0.900 bits per heavy atom. The van der Waals surface area contributed by atoms with E-state index in [1.165, 1.54) is 17.0 Å². The van der Waals surface area contributed by atoms with Gasteiger partial charge >= 0.3 is 0 Å². The summed E-state index contributed by atoms with van der Waals surface area (Å²) in [6.07, 6.45) is 0. The van der Waals surface area contributed by atoms with E-state index < -0.39 is 0 Å². The second-order valence-electron chi connectivity index (χ2n) is 6.73. The van der Waals surface area contributed by atoms with Crippen molar-refractivity contribution in [3.63, 3.8) is 0 Å². The van der Waals surface area contributed by atoms with Gasteiger partial charge in [-0.25, -0.2) is 4.39 Å².